The number of nitrogens with two attached hydrogens (primary N) is 2. The van der Waals surface area contributed by atoms with Crippen LogP contribution in [-0.4, -0.2) is 52.7 Å². The highest BCUT2D eigenvalue weighted by molar-refractivity contribution is 7.94. The molecule has 1 saturated carbocycles. The topological polar surface area (TPSA) is 203 Å². The molecule has 0 aliphatic heterocycles. The van der Waals surface area contributed by atoms with Crippen molar-refractivity contribution in [3.63, 3.8) is 0 Å². The van der Waals surface area contributed by atoms with Gasteiger partial charge in [0.2, 0.25) is 15.8 Å². The molecule has 1 fully saturated rings. The minimum atomic E-state index is -4.63. The van der Waals surface area contributed by atoms with E-state index in [1.54, 1.807) is 0 Å². The summed E-state index contributed by atoms with van der Waals surface area (Å²) in [5, 5.41) is 18.2. The number of aromatic amines is 2. The van der Waals surface area contributed by atoms with Crippen LogP contribution in [0.1, 0.15) is 19.3 Å². The number of anilines is 1. The van der Waals surface area contributed by atoms with Crippen LogP contribution in [0, 0.1) is 5.82 Å². The van der Waals surface area contributed by atoms with Crippen molar-refractivity contribution in [3.05, 3.63) is 30.1 Å². The third-order valence-corrected chi connectivity index (χ3v) is 9.06. The second-order valence-corrected chi connectivity index (χ2v) is 11.4. The first kappa shape index (κ1) is 21.4. The maximum atomic E-state index is 14.5. The Balaban J connectivity index is 1.93. The molecule has 0 amide bonds. The predicted octanol–water partition coefficient (Wildman–Crippen LogP) is 1.10. The molecule has 0 radical (unpaired) electrons. The SMILES string of the molecule is Nc1nc2c(-c3ccc(S(=O)(=O)C4CCC4)c(S(N)(=O)=O)c3-c3nn[nH]n3)cc(F)cc2[nH]1. The normalized spacial score (nSPS) is 15.1. The molecule has 12 nitrogen and oxygen atoms in total. The summed E-state index contributed by atoms with van der Waals surface area (Å²) in [5.41, 5.74) is 6.20. The molecule has 4 aromatic rings. The van der Waals surface area contributed by atoms with Crippen LogP contribution in [0.15, 0.2) is 34.1 Å². The van der Waals surface area contributed by atoms with Crippen LogP contribution in [0.4, 0.5) is 10.3 Å². The van der Waals surface area contributed by atoms with Crippen LogP contribution in [0.5, 0.6) is 0 Å². The fourth-order valence-electron chi connectivity index (χ4n) is 3.95. The number of nitrogens with one attached hydrogen (secondary N) is 2. The smallest absolute Gasteiger partial charge is 0.240 e. The van der Waals surface area contributed by atoms with E-state index in [1.165, 1.54) is 12.1 Å². The van der Waals surface area contributed by atoms with Gasteiger partial charge in [-0.1, -0.05) is 12.5 Å². The van der Waals surface area contributed by atoms with Crippen molar-refractivity contribution >= 4 is 36.8 Å². The summed E-state index contributed by atoms with van der Waals surface area (Å²) in [6.07, 6.45) is 1.53. The number of hydrogen-bond acceptors (Lipinski definition) is 9. The van der Waals surface area contributed by atoms with Crippen LogP contribution in [0.3, 0.4) is 0 Å². The zero-order valence-corrected chi connectivity index (χ0v) is 18.4. The zero-order valence-electron chi connectivity index (χ0n) is 16.8. The number of primary sulfonamides is 1. The molecule has 1 aliphatic carbocycles. The first-order chi connectivity index (χ1) is 15.6. The third kappa shape index (κ3) is 3.44. The molecule has 0 atom stereocenters. The highest BCUT2D eigenvalue weighted by Gasteiger charge is 2.39. The minimum Gasteiger partial charge on any atom is -0.369 e. The van der Waals surface area contributed by atoms with Gasteiger partial charge >= 0.3 is 0 Å². The highest BCUT2D eigenvalue weighted by atomic mass is 32.2. The lowest BCUT2D eigenvalue weighted by atomic mass is 9.97. The molecule has 5 rings (SSSR count). The van der Waals surface area contributed by atoms with Gasteiger partial charge in [0.1, 0.15) is 10.7 Å². The Morgan fingerprint density at radius 3 is 2.45 bits per heavy atom. The van der Waals surface area contributed by atoms with Gasteiger partial charge in [-0.05, 0) is 41.8 Å². The lowest BCUT2D eigenvalue weighted by molar-refractivity contribution is 0.475. The monoisotopic (exact) mass is 492 g/mol. The Bertz CT molecular complexity index is 1610. The van der Waals surface area contributed by atoms with E-state index in [0.29, 0.717) is 19.3 Å². The molecule has 15 heteroatoms. The van der Waals surface area contributed by atoms with Gasteiger partial charge in [-0.3, -0.25) is 0 Å². The first-order valence-electron chi connectivity index (χ1n) is 9.70. The third-order valence-electron chi connectivity index (χ3n) is 5.63. The van der Waals surface area contributed by atoms with E-state index in [4.69, 9.17) is 10.9 Å². The predicted molar refractivity (Wildman–Crippen MR) is 115 cm³/mol. The summed E-state index contributed by atoms with van der Waals surface area (Å²) in [4.78, 5) is 5.72. The Labute approximate surface area is 186 Å². The number of sulfone groups is 1. The molecule has 0 unspecified atom stereocenters. The fourth-order valence-corrected chi connectivity index (χ4v) is 7.41. The maximum Gasteiger partial charge on any atom is 0.240 e. The summed E-state index contributed by atoms with van der Waals surface area (Å²) >= 11 is 0. The van der Waals surface area contributed by atoms with Gasteiger partial charge in [0, 0.05) is 5.56 Å². The van der Waals surface area contributed by atoms with E-state index in [-0.39, 0.29) is 39.5 Å². The number of halogens is 1. The second-order valence-electron chi connectivity index (χ2n) is 7.67. The van der Waals surface area contributed by atoms with Crippen molar-refractivity contribution in [3.8, 4) is 22.5 Å². The molecule has 2 aromatic heterocycles. The van der Waals surface area contributed by atoms with Crippen molar-refractivity contribution in [1.82, 2.24) is 30.6 Å². The van der Waals surface area contributed by atoms with Crippen molar-refractivity contribution in [1.29, 1.82) is 0 Å². The van der Waals surface area contributed by atoms with E-state index in [2.05, 4.69) is 30.6 Å². The number of hydrogen-bond donors (Lipinski definition) is 4. The molecule has 0 spiro atoms. The minimum absolute atomic E-state index is 0.00816. The van der Waals surface area contributed by atoms with Crippen LogP contribution in [0.2, 0.25) is 0 Å². The number of rotatable bonds is 5. The second kappa shape index (κ2) is 7.29. The Hall–Kier alpha value is -3.43. The van der Waals surface area contributed by atoms with Gasteiger partial charge in [0.05, 0.1) is 26.7 Å². The quantitative estimate of drug-likeness (QED) is 0.314. The summed E-state index contributed by atoms with van der Waals surface area (Å²) in [5.74, 6) is -0.891. The molecule has 2 heterocycles. The average molecular weight is 493 g/mol. The largest absolute Gasteiger partial charge is 0.369 e. The highest BCUT2D eigenvalue weighted by Crippen LogP contribution is 2.43. The van der Waals surface area contributed by atoms with Crippen LogP contribution >= 0.6 is 0 Å². The van der Waals surface area contributed by atoms with Crippen molar-refractivity contribution in [2.75, 3.05) is 5.73 Å². The Kier molecular flexibility index (Phi) is 4.73. The number of sulfonamides is 1. The lowest BCUT2D eigenvalue weighted by Crippen LogP contribution is -2.30. The molecule has 0 saturated heterocycles. The maximum absolute atomic E-state index is 14.5. The molecule has 1 aliphatic rings. The Morgan fingerprint density at radius 1 is 1.09 bits per heavy atom. The van der Waals surface area contributed by atoms with E-state index >= 15 is 0 Å². The van der Waals surface area contributed by atoms with Crippen molar-refractivity contribution in [2.24, 2.45) is 5.14 Å². The number of fused-ring (bicyclic) bond motifs is 1. The number of nitrogen functional groups attached to an aromatic ring is 1. The molecule has 2 aromatic carbocycles. The summed E-state index contributed by atoms with van der Waals surface area (Å²) in [6.45, 7) is 0. The zero-order chi connectivity index (χ0) is 23.5. The van der Waals surface area contributed by atoms with Gasteiger partial charge < -0.3 is 10.7 Å². The average Bonchev–Trinajstić information content (AvgIpc) is 3.32. The fraction of sp³-hybridized carbons (Fsp3) is 0.222. The van der Waals surface area contributed by atoms with Crippen molar-refractivity contribution in [2.45, 2.75) is 34.3 Å². The van der Waals surface area contributed by atoms with Gasteiger partial charge in [-0.25, -0.2) is 31.3 Å². The number of benzene rings is 2. The van der Waals surface area contributed by atoms with E-state index in [1.807, 2.05) is 0 Å². The molecule has 33 heavy (non-hydrogen) atoms. The van der Waals surface area contributed by atoms with Gasteiger partial charge in [-0.15, -0.1) is 10.2 Å². The number of nitrogens with zero attached hydrogens (tertiary/aromatic N) is 4. The van der Waals surface area contributed by atoms with E-state index in [0.717, 1.165) is 12.1 Å². The Morgan fingerprint density at radius 2 is 1.85 bits per heavy atom. The molecule has 6 N–H and O–H groups in total. The summed E-state index contributed by atoms with van der Waals surface area (Å²) in [7, 11) is -8.66. The molecule has 0 bridgehead atoms. The van der Waals surface area contributed by atoms with Crippen molar-refractivity contribution < 1.29 is 21.2 Å². The van der Waals surface area contributed by atoms with Gasteiger partial charge in [0.15, 0.2) is 15.8 Å². The number of H-pyrrole nitrogens is 2. The summed E-state index contributed by atoms with van der Waals surface area (Å²) in [6, 6.07) is 4.80. The van der Waals surface area contributed by atoms with Crippen LogP contribution in [0.25, 0.3) is 33.5 Å². The van der Waals surface area contributed by atoms with Gasteiger partial charge in [-0.2, -0.15) is 5.21 Å². The first-order valence-corrected chi connectivity index (χ1v) is 12.8. The number of aromatic nitrogens is 6. The van der Waals surface area contributed by atoms with Crippen LogP contribution in [-0.2, 0) is 19.9 Å². The number of tetrazole rings is 1. The van der Waals surface area contributed by atoms with E-state index < -0.39 is 40.7 Å². The lowest BCUT2D eigenvalue weighted by Gasteiger charge is -2.26. The molecular formula is C18H17FN8O4S2. The number of imidazole rings is 1. The molecular weight excluding hydrogens is 475 g/mol. The standard InChI is InChI=1S/C18H17FN8O4S2/c19-8-6-11(15-12(7-8)22-18(20)23-15)10-4-5-13(32(28,29)9-2-1-3-9)16(33(21,30)31)14(10)17-24-26-27-25-17/h4-7,9H,1-3H2,(H3,20,22,23)(H2,21,30,31)(H,24,25,26,27). The van der Waals surface area contributed by atoms with E-state index in [9.17, 15) is 21.2 Å². The van der Waals surface area contributed by atoms with Crippen LogP contribution < -0.4 is 10.9 Å². The molecule has 172 valence electrons. The van der Waals surface area contributed by atoms with Gasteiger partial charge in [0.25, 0.3) is 0 Å². The summed E-state index contributed by atoms with van der Waals surface area (Å²) < 4.78 is 66.5.